The summed E-state index contributed by atoms with van der Waals surface area (Å²) in [5, 5.41) is 2.68. The molecule has 0 aliphatic heterocycles. The van der Waals surface area contributed by atoms with Crippen molar-refractivity contribution >= 4 is 5.91 Å². The van der Waals surface area contributed by atoms with Crippen molar-refractivity contribution in [2.24, 2.45) is 5.92 Å². The van der Waals surface area contributed by atoms with Gasteiger partial charge in [-0.2, -0.15) is 0 Å². The molecule has 1 heterocycles. The summed E-state index contributed by atoms with van der Waals surface area (Å²) >= 11 is 0. The minimum atomic E-state index is -5.02. The average Bonchev–Trinajstić information content (AvgIpc) is 3.45. The topological polar surface area (TPSA) is 93.3 Å². The fourth-order valence-corrected chi connectivity index (χ4v) is 2.87. The third-order valence-electron chi connectivity index (χ3n) is 4.23. The average molecular weight is 415 g/mol. The zero-order chi connectivity index (χ0) is 21.2. The quantitative estimate of drug-likeness (QED) is 0.679. The highest BCUT2D eigenvalue weighted by atomic mass is 19.4. The zero-order valence-electron chi connectivity index (χ0n) is 15.2. The number of nitrogens with one attached hydrogen (secondary N) is 2. The molecule has 1 aliphatic carbocycles. The highest BCUT2D eigenvalue weighted by molar-refractivity contribution is 5.92. The molecular weight excluding hydrogens is 398 g/mol. The molecule has 0 bridgehead atoms. The Bertz CT molecular complexity index is 957. The smallest absolute Gasteiger partial charge is 0.403 e. The van der Waals surface area contributed by atoms with Crippen molar-refractivity contribution in [3.05, 3.63) is 57.5 Å². The second-order valence-corrected chi connectivity index (χ2v) is 6.54. The van der Waals surface area contributed by atoms with E-state index in [0.717, 1.165) is 31.0 Å². The largest absolute Gasteiger partial charge is 0.573 e. The lowest BCUT2D eigenvalue weighted by Gasteiger charge is -2.19. The van der Waals surface area contributed by atoms with Crippen molar-refractivity contribution in [3.63, 3.8) is 0 Å². The molecule has 0 saturated heterocycles. The second-order valence-electron chi connectivity index (χ2n) is 6.54. The lowest BCUT2D eigenvalue weighted by atomic mass is 10.0. The number of amides is 1. The number of hydrogen-bond acceptors (Lipinski definition) is 5. The fourth-order valence-electron chi connectivity index (χ4n) is 2.87. The van der Waals surface area contributed by atoms with Crippen molar-refractivity contribution < 1.29 is 31.8 Å². The van der Waals surface area contributed by atoms with Crippen LogP contribution in [0.4, 0.5) is 17.6 Å². The normalized spacial score (nSPS) is 15.1. The highest BCUT2D eigenvalue weighted by Gasteiger charge is 2.36. The van der Waals surface area contributed by atoms with Crippen molar-refractivity contribution in [1.29, 1.82) is 0 Å². The van der Waals surface area contributed by atoms with Gasteiger partial charge in [0.1, 0.15) is 18.1 Å². The van der Waals surface area contributed by atoms with E-state index in [-0.39, 0.29) is 29.6 Å². The first-order valence-electron chi connectivity index (χ1n) is 8.61. The molecule has 1 aromatic carbocycles. The number of aromatic amines is 1. The van der Waals surface area contributed by atoms with Crippen LogP contribution < -0.4 is 15.6 Å². The van der Waals surface area contributed by atoms with Gasteiger partial charge in [-0.1, -0.05) is 6.07 Å². The number of carbonyl (C=O) groups excluding carboxylic acids is 1. The summed E-state index contributed by atoms with van der Waals surface area (Å²) in [4.78, 5) is 30.7. The molecule has 1 aromatic heterocycles. The molecule has 1 fully saturated rings. The first kappa shape index (κ1) is 20.8. The van der Waals surface area contributed by atoms with E-state index >= 15 is 0 Å². The molecular formula is C18H17F4N3O4. The minimum Gasteiger partial charge on any atom is -0.403 e. The molecule has 11 heteroatoms. The molecule has 0 spiro atoms. The number of benzene rings is 1. The van der Waals surface area contributed by atoms with Crippen LogP contribution in [-0.2, 0) is 11.3 Å². The summed E-state index contributed by atoms with van der Waals surface area (Å²) < 4.78 is 59.5. The van der Waals surface area contributed by atoms with Gasteiger partial charge in [0.2, 0.25) is 0 Å². The number of alkyl halides is 3. The van der Waals surface area contributed by atoms with Crippen LogP contribution in [0.25, 0.3) is 0 Å². The van der Waals surface area contributed by atoms with E-state index in [2.05, 4.69) is 20.0 Å². The third kappa shape index (κ3) is 5.53. The molecule has 3 rings (SSSR count). The maximum atomic E-state index is 14.1. The van der Waals surface area contributed by atoms with Crippen LogP contribution in [0.5, 0.6) is 5.75 Å². The van der Waals surface area contributed by atoms with E-state index in [1.165, 1.54) is 13.2 Å². The summed E-state index contributed by atoms with van der Waals surface area (Å²) in [5.41, 5.74) is -0.404. The Morgan fingerprint density at radius 1 is 1.34 bits per heavy atom. The number of H-pyrrole nitrogens is 1. The van der Waals surface area contributed by atoms with Gasteiger partial charge in [-0.15, -0.1) is 13.2 Å². The standard InChI is InChI=1S/C18H17F4N3O4/c1-28-8-14-23-12(7-15(26)24-14)17(27)25-16(9-2-3-9)10-4-5-13(11(19)6-10)29-18(20,21)22/h4-7,9,16H,2-3,8H2,1H3,(H,25,27)(H,23,24,26). The zero-order valence-corrected chi connectivity index (χ0v) is 15.2. The lowest BCUT2D eigenvalue weighted by molar-refractivity contribution is -0.275. The maximum absolute atomic E-state index is 14.1. The van der Waals surface area contributed by atoms with Crippen LogP contribution in [0.1, 0.15) is 40.8 Å². The van der Waals surface area contributed by atoms with E-state index in [9.17, 15) is 27.2 Å². The molecule has 1 amide bonds. The molecule has 156 valence electrons. The van der Waals surface area contributed by atoms with Crippen molar-refractivity contribution in [2.45, 2.75) is 31.9 Å². The van der Waals surface area contributed by atoms with Crippen LogP contribution >= 0.6 is 0 Å². The minimum absolute atomic E-state index is 0.00566. The predicted molar refractivity (Wildman–Crippen MR) is 91.6 cm³/mol. The number of halogens is 4. The second kappa shape index (κ2) is 8.19. The molecule has 7 nitrogen and oxygen atoms in total. The van der Waals surface area contributed by atoms with Crippen LogP contribution in [0.3, 0.4) is 0 Å². The van der Waals surface area contributed by atoms with Crippen molar-refractivity contribution in [2.75, 3.05) is 7.11 Å². The van der Waals surface area contributed by atoms with Gasteiger partial charge in [-0.3, -0.25) is 9.59 Å². The van der Waals surface area contributed by atoms with E-state index in [0.29, 0.717) is 0 Å². The van der Waals surface area contributed by atoms with Crippen LogP contribution in [0.2, 0.25) is 0 Å². The SMILES string of the molecule is COCc1nc(C(=O)NC(c2ccc(OC(F)(F)F)c(F)c2)C2CC2)cc(=O)[nH]1. The number of nitrogens with zero attached hydrogens (tertiary/aromatic N) is 1. The third-order valence-corrected chi connectivity index (χ3v) is 4.23. The number of aromatic nitrogens is 2. The lowest BCUT2D eigenvalue weighted by Crippen LogP contribution is -2.32. The molecule has 2 N–H and O–H groups in total. The number of rotatable bonds is 7. The van der Waals surface area contributed by atoms with Gasteiger partial charge in [0, 0.05) is 13.2 Å². The first-order valence-corrected chi connectivity index (χ1v) is 8.61. The number of ether oxygens (including phenoxy) is 2. The summed E-state index contributed by atoms with van der Waals surface area (Å²) in [6.45, 7) is -0.00566. The van der Waals surface area contributed by atoms with Crippen molar-refractivity contribution in [3.8, 4) is 5.75 Å². The number of hydrogen-bond donors (Lipinski definition) is 2. The van der Waals surface area contributed by atoms with Gasteiger partial charge in [0.15, 0.2) is 11.6 Å². The highest BCUT2D eigenvalue weighted by Crippen LogP contribution is 2.42. The Kier molecular flexibility index (Phi) is 5.87. The molecule has 2 aromatic rings. The Morgan fingerprint density at radius 2 is 2.07 bits per heavy atom. The van der Waals surface area contributed by atoms with Crippen molar-refractivity contribution in [1.82, 2.24) is 15.3 Å². The predicted octanol–water partition coefficient (Wildman–Crippen LogP) is 2.84. The first-order chi connectivity index (χ1) is 13.7. The Balaban J connectivity index is 1.82. The monoisotopic (exact) mass is 415 g/mol. The maximum Gasteiger partial charge on any atom is 0.573 e. The van der Waals surface area contributed by atoms with E-state index in [1.807, 2.05) is 0 Å². The molecule has 29 heavy (non-hydrogen) atoms. The molecule has 1 saturated carbocycles. The molecule has 0 radical (unpaired) electrons. The summed E-state index contributed by atoms with van der Waals surface area (Å²) in [6, 6.07) is 3.38. The van der Waals surface area contributed by atoms with E-state index in [4.69, 9.17) is 4.74 Å². The van der Waals surface area contributed by atoms with Gasteiger partial charge in [0.25, 0.3) is 11.5 Å². The van der Waals surface area contributed by atoms with Gasteiger partial charge in [-0.25, -0.2) is 9.37 Å². The number of methoxy groups -OCH3 is 1. The Morgan fingerprint density at radius 3 is 2.66 bits per heavy atom. The molecule has 1 unspecified atom stereocenters. The van der Waals surface area contributed by atoms with Crippen LogP contribution in [0, 0.1) is 11.7 Å². The summed E-state index contributed by atoms with van der Waals surface area (Å²) in [7, 11) is 1.40. The van der Waals surface area contributed by atoms with Crippen LogP contribution in [-0.4, -0.2) is 29.3 Å². The van der Waals surface area contributed by atoms with Gasteiger partial charge in [-0.05, 0) is 36.5 Å². The summed E-state index contributed by atoms with van der Waals surface area (Å²) in [6.07, 6.45) is -3.51. The fraction of sp³-hybridized carbons (Fsp3) is 0.389. The molecule has 1 aliphatic rings. The van der Waals surface area contributed by atoms with E-state index < -0.39 is 35.4 Å². The molecule has 1 atom stereocenters. The van der Waals surface area contributed by atoms with Gasteiger partial charge >= 0.3 is 6.36 Å². The van der Waals surface area contributed by atoms with Gasteiger partial charge < -0.3 is 19.8 Å². The number of carbonyl (C=O) groups is 1. The Hall–Kier alpha value is -2.95. The van der Waals surface area contributed by atoms with E-state index in [1.54, 1.807) is 0 Å². The Labute approximate surface area is 162 Å². The van der Waals surface area contributed by atoms with Gasteiger partial charge in [0.05, 0.1) is 6.04 Å². The summed E-state index contributed by atoms with van der Waals surface area (Å²) in [5.74, 6) is -2.67. The van der Waals surface area contributed by atoms with Crippen LogP contribution in [0.15, 0.2) is 29.1 Å².